The zero-order chi connectivity index (χ0) is 16.3. The molecule has 0 aromatic heterocycles. The van der Waals surface area contributed by atoms with Crippen LogP contribution in [-0.2, 0) is 4.79 Å². The fourth-order valence-electron chi connectivity index (χ4n) is 2.62. The summed E-state index contributed by atoms with van der Waals surface area (Å²) in [5, 5.41) is 3.28. The number of nitrogens with zero attached hydrogens (tertiary/aromatic N) is 2. The summed E-state index contributed by atoms with van der Waals surface area (Å²) in [6.45, 7) is 6.81. The molecule has 0 bridgehead atoms. The Kier molecular flexibility index (Phi) is 7.38. The van der Waals surface area contributed by atoms with Crippen molar-refractivity contribution in [2.45, 2.75) is 25.9 Å². The smallest absolute Gasteiger partial charge is 0.237 e. The standard InChI is InChI=1S/C16H23F2N3O.ClH/c1-11-9-19-6-7-21(11)10-16(22)20(3)12(2)13-4-5-14(17)15(18)8-13;/h4-5,8,11-12,19H,6-7,9-10H2,1-3H3;1H/t11-,12?;/m0./s1. The molecule has 0 radical (unpaired) electrons. The first kappa shape index (κ1) is 19.8. The molecule has 7 heteroatoms. The molecule has 1 aromatic carbocycles. The van der Waals surface area contributed by atoms with Gasteiger partial charge in [-0.15, -0.1) is 12.4 Å². The molecule has 1 heterocycles. The van der Waals surface area contributed by atoms with Gasteiger partial charge in [0.25, 0.3) is 0 Å². The van der Waals surface area contributed by atoms with Gasteiger partial charge in [-0.25, -0.2) is 8.78 Å². The first-order valence-corrected chi connectivity index (χ1v) is 7.55. The molecule has 1 N–H and O–H groups in total. The highest BCUT2D eigenvalue weighted by atomic mass is 35.5. The van der Waals surface area contributed by atoms with Crippen molar-refractivity contribution < 1.29 is 13.6 Å². The van der Waals surface area contributed by atoms with Gasteiger partial charge in [0.1, 0.15) is 0 Å². The number of hydrogen-bond acceptors (Lipinski definition) is 3. The van der Waals surface area contributed by atoms with Gasteiger partial charge in [0, 0.05) is 32.7 Å². The molecule has 1 saturated heterocycles. The number of rotatable bonds is 4. The van der Waals surface area contributed by atoms with Crippen molar-refractivity contribution in [3.63, 3.8) is 0 Å². The van der Waals surface area contributed by atoms with Crippen LogP contribution < -0.4 is 5.32 Å². The molecule has 1 aliphatic rings. The molecule has 4 nitrogen and oxygen atoms in total. The highest BCUT2D eigenvalue weighted by molar-refractivity contribution is 5.85. The molecule has 0 spiro atoms. The lowest BCUT2D eigenvalue weighted by Crippen LogP contribution is -2.53. The maximum Gasteiger partial charge on any atom is 0.237 e. The van der Waals surface area contributed by atoms with Crippen molar-refractivity contribution in [2.24, 2.45) is 0 Å². The summed E-state index contributed by atoms with van der Waals surface area (Å²) in [6.07, 6.45) is 0. The molecule has 1 amide bonds. The summed E-state index contributed by atoms with van der Waals surface area (Å²) in [5.41, 5.74) is 0.586. The van der Waals surface area contributed by atoms with E-state index in [2.05, 4.69) is 17.1 Å². The van der Waals surface area contributed by atoms with Crippen LogP contribution in [0.15, 0.2) is 18.2 Å². The molecule has 1 fully saturated rings. The average molecular weight is 348 g/mol. The van der Waals surface area contributed by atoms with Crippen LogP contribution in [0.2, 0.25) is 0 Å². The molecular weight excluding hydrogens is 324 g/mol. The van der Waals surface area contributed by atoms with Crippen LogP contribution in [0.5, 0.6) is 0 Å². The van der Waals surface area contributed by atoms with Gasteiger partial charge in [-0.05, 0) is 31.5 Å². The largest absolute Gasteiger partial charge is 0.338 e. The van der Waals surface area contributed by atoms with Crippen LogP contribution in [0.25, 0.3) is 0 Å². The summed E-state index contributed by atoms with van der Waals surface area (Å²) in [5.74, 6) is -1.79. The lowest BCUT2D eigenvalue weighted by molar-refractivity contribution is -0.133. The van der Waals surface area contributed by atoms with Gasteiger partial charge in [-0.2, -0.15) is 0 Å². The minimum Gasteiger partial charge on any atom is -0.338 e. The number of benzene rings is 1. The predicted octanol–water partition coefficient (Wildman–Crippen LogP) is 2.20. The molecular formula is C16H24ClF2N3O. The molecule has 23 heavy (non-hydrogen) atoms. The zero-order valence-electron chi connectivity index (χ0n) is 13.7. The monoisotopic (exact) mass is 347 g/mol. The van der Waals surface area contributed by atoms with Crippen molar-refractivity contribution in [3.8, 4) is 0 Å². The molecule has 2 rings (SSSR count). The summed E-state index contributed by atoms with van der Waals surface area (Å²) in [6, 6.07) is 3.76. The van der Waals surface area contributed by atoms with E-state index in [-0.39, 0.29) is 24.4 Å². The van der Waals surface area contributed by atoms with Gasteiger partial charge in [-0.1, -0.05) is 6.07 Å². The third kappa shape index (κ3) is 4.86. The minimum atomic E-state index is -0.888. The normalized spacial score (nSPS) is 19.8. The minimum absolute atomic E-state index is 0. The average Bonchev–Trinajstić information content (AvgIpc) is 2.50. The van der Waals surface area contributed by atoms with Crippen LogP contribution in [-0.4, -0.2) is 55.0 Å². The molecule has 2 atom stereocenters. The van der Waals surface area contributed by atoms with Crippen LogP contribution in [0.1, 0.15) is 25.5 Å². The number of amides is 1. The van der Waals surface area contributed by atoms with Crippen molar-refractivity contribution >= 4 is 18.3 Å². The number of carbonyl (C=O) groups excluding carboxylic acids is 1. The Morgan fingerprint density at radius 2 is 2.13 bits per heavy atom. The van der Waals surface area contributed by atoms with E-state index in [9.17, 15) is 13.6 Å². The van der Waals surface area contributed by atoms with E-state index in [0.29, 0.717) is 18.2 Å². The quantitative estimate of drug-likeness (QED) is 0.907. The van der Waals surface area contributed by atoms with Gasteiger partial charge >= 0.3 is 0 Å². The Morgan fingerprint density at radius 1 is 1.43 bits per heavy atom. The molecule has 1 unspecified atom stereocenters. The first-order chi connectivity index (χ1) is 10.4. The van der Waals surface area contributed by atoms with E-state index >= 15 is 0 Å². The maximum atomic E-state index is 13.3. The van der Waals surface area contributed by atoms with Crippen LogP contribution in [0, 0.1) is 11.6 Å². The lowest BCUT2D eigenvalue weighted by Gasteiger charge is -2.35. The van der Waals surface area contributed by atoms with Gasteiger partial charge < -0.3 is 10.2 Å². The zero-order valence-corrected chi connectivity index (χ0v) is 14.5. The number of hydrogen-bond donors (Lipinski definition) is 1. The van der Waals surface area contributed by atoms with E-state index in [1.165, 1.54) is 6.07 Å². The van der Waals surface area contributed by atoms with Crippen molar-refractivity contribution in [2.75, 3.05) is 33.2 Å². The third-order valence-corrected chi connectivity index (χ3v) is 4.38. The SMILES string of the molecule is CC(c1ccc(F)c(F)c1)N(C)C(=O)CN1CCNC[C@@H]1C.Cl. The maximum absolute atomic E-state index is 13.3. The Labute approximate surface area is 142 Å². The molecule has 0 aliphatic carbocycles. The number of carbonyl (C=O) groups is 1. The van der Waals surface area contributed by atoms with Crippen molar-refractivity contribution in [3.05, 3.63) is 35.4 Å². The van der Waals surface area contributed by atoms with E-state index in [0.717, 1.165) is 31.8 Å². The van der Waals surface area contributed by atoms with Gasteiger partial charge in [-0.3, -0.25) is 9.69 Å². The second kappa shape index (κ2) is 8.57. The van der Waals surface area contributed by atoms with Gasteiger partial charge in [0.05, 0.1) is 12.6 Å². The Balaban J connectivity index is 0.00000264. The fraction of sp³-hybridized carbons (Fsp3) is 0.562. The molecule has 130 valence electrons. The molecule has 1 aromatic rings. The summed E-state index contributed by atoms with van der Waals surface area (Å²) in [4.78, 5) is 16.1. The van der Waals surface area contributed by atoms with E-state index in [1.54, 1.807) is 11.9 Å². The summed E-state index contributed by atoms with van der Waals surface area (Å²) in [7, 11) is 1.70. The summed E-state index contributed by atoms with van der Waals surface area (Å²) >= 11 is 0. The molecule has 1 aliphatic heterocycles. The Hall–Kier alpha value is -1.24. The first-order valence-electron chi connectivity index (χ1n) is 7.55. The van der Waals surface area contributed by atoms with E-state index < -0.39 is 11.6 Å². The van der Waals surface area contributed by atoms with Crippen LogP contribution in [0.4, 0.5) is 8.78 Å². The number of nitrogens with one attached hydrogen (secondary N) is 1. The number of piperazine rings is 1. The van der Waals surface area contributed by atoms with Gasteiger partial charge in [0.15, 0.2) is 11.6 Å². The van der Waals surface area contributed by atoms with Crippen molar-refractivity contribution in [1.29, 1.82) is 0 Å². The number of halogens is 3. The summed E-state index contributed by atoms with van der Waals surface area (Å²) < 4.78 is 26.3. The topological polar surface area (TPSA) is 35.6 Å². The third-order valence-electron chi connectivity index (χ3n) is 4.38. The van der Waals surface area contributed by atoms with E-state index in [1.807, 2.05) is 6.92 Å². The molecule has 0 saturated carbocycles. The van der Waals surface area contributed by atoms with E-state index in [4.69, 9.17) is 0 Å². The highest BCUT2D eigenvalue weighted by Gasteiger charge is 2.24. The van der Waals surface area contributed by atoms with Crippen LogP contribution in [0.3, 0.4) is 0 Å². The fourth-order valence-corrected chi connectivity index (χ4v) is 2.62. The van der Waals surface area contributed by atoms with Crippen LogP contribution >= 0.6 is 12.4 Å². The second-order valence-electron chi connectivity index (χ2n) is 5.88. The second-order valence-corrected chi connectivity index (χ2v) is 5.88. The predicted molar refractivity (Wildman–Crippen MR) is 88.7 cm³/mol. The number of likely N-dealkylation sites (N-methyl/N-ethyl adjacent to an activating group) is 1. The van der Waals surface area contributed by atoms with Gasteiger partial charge in [0.2, 0.25) is 5.91 Å². The Bertz CT molecular complexity index is 544. The highest BCUT2D eigenvalue weighted by Crippen LogP contribution is 2.21. The van der Waals surface area contributed by atoms with Crippen molar-refractivity contribution in [1.82, 2.24) is 15.1 Å². The lowest BCUT2D eigenvalue weighted by atomic mass is 10.1. The Morgan fingerprint density at radius 3 is 2.74 bits per heavy atom.